The summed E-state index contributed by atoms with van der Waals surface area (Å²) in [6, 6.07) is -0.356. The van der Waals surface area contributed by atoms with Crippen LogP contribution in [0.3, 0.4) is 0 Å². The van der Waals surface area contributed by atoms with Crippen LogP contribution >= 0.6 is 34.8 Å². The first kappa shape index (κ1) is 37.8. The number of carbonyl (C=O) groups is 3. The highest BCUT2D eigenvalue weighted by molar-refractivity contribution is 6.76. The molecule has 14 heteroatoms. The van der Waals surface area contributed by atoms with Gasteiger partial charge in [-0.25, -0.2) is 0 Å². The van der Waals surface area contributed by atoms with Crippen molar-refractivity contribution < 1.29 is 42.8 Å². The first-order valence-corrected chi connectivity index (χ1v) is 15.9. The van der Waals surface area contributed by atoms with Gasteiger partial charge in [0.05, 0.1) is 18.2 Å². The van der Waals surface area contributed by atoms with E-state index >= 15 is 0 Å². The van der Waals surface area contributed by atoms with Gasteiger partial charge >= 0.3 is 11.9 Å². The van der Waals surface area contributed by atoms with Crippen LogP contribution in [-0.2, 0) is 42.8 Å². The zero-order valence-corrected chi connectivity index (χ0v) is 28.7. The van der Waals surface area contributed by atoms with Gasteiger partial charge in [0.15, 0.2) is 5.79 Å². The van der Waals surface area contributed by atoms with Crippen molar-refractivity contribution in [3.8, 4) is 0 Å². The van der Waals surface area contributed by atoms with Gasteiger partial charge in [0.2, 0.25) is 18.1 Å². The van der Waals surface area contributed by atoms with Gasteiger partial charge in [-0.3, -0.25) is 19.8 Å². The maximum absolute atomic E-state index is 12.5. The summed E-state index contributed by atoms with van der Waals surface area (Å²) in [6.45, 7) is 15.8. The van der Waals surface area contributed by atoms with E-state index < -0.39 is 64.0 Å². The molecule has 11 nitrogen and oxygen atoms in total. The van der Waals surface area contributed by atoms with Crippen LogP contribution in [0.5, 0.6) is 0 Å². The first-order chi connectivity index (χ1) is 19.8. The molecular weight excluding hydrogens is 627 g/mol. The zero-order chi connectivity index (χ0) is 32.9. The Kier molecular flexibility index (Phi) is 13.9. The molecule has 0 radical (unpaired) electrons. The lowest BCUT2D eigenvalue weighted by atomic mass is 9.79. The van der Waals surface area contributed by atoms with E-state index in [9.17, 15) is 14.4 Å². The Morgan fingerprint density at radius 2 is 1.72 bits per heavy atom. The van der Waals surface area contributed by atoms with Crippen LogP contribution in [0.2, 0.25) is 0 Å². The molecule has 2 rings (SSSR count). The maximum Gasteiger partial charge on any atom is 0.302 e. The van der Waals surface area contributed by atoms with E-state index in [4.69, 9.17) is 68.6 Å². The van der Waals surface area contributed by atoms with Gasteiger partial charge in [-0.2, -0.15) is 0 Å². The van der Waals surface area contributed by atoms with Crippen LogP contribution in [0.25, 0.3) is 0 Å². The van der Waals surface area contributed by atoms with Gasteiger partial charge in [0, 0.05) is 44.4 Å². The van der Waals surface area contributed by atoms with Gasteiger partial charge in [-0.15, -0.1) is 0 Å². The summed E-state index contributed by atoms with van der Waals surface area (Å²) in [5.41, 5.74) is 0. The highest BCUT2D eigenvalue weighted by Gasteiger charge is 2.52. The highest BCUT2D eigenvalue weighted by Crippen LogP contribution is 2.43. The molecule has 1 amide bonds. The minimum atomic E-state index is -2.11. The number of esters is 2. The highest BCUT2D eigenvalue weighted by atomic mass is 35.6. The van der Waals surface area contributed by atoms with E-state index in [0.717, 1.165) is 0 Å². The second kappa shape index (κ2) is 15.8. The van der Waals surface area contributed by atoms with E-state index in [1.165, 1.54) is 13.8 Å². The smallest absolute Gasteiger partial charge is 0.302 e. The average molecular weight is 674 g/mol. The molecule has 5 unspecified atom stereocenters. The summed E-state index contributed by atoms with van der Waals surface area (Å²) >= 11 is 17.6. The molecule has 2 saturated heterocycles. The number of amides is 1. The molecule has 0 aromatic rings. The quantitative estimate of drug-likeness (QED) is 0.129. The van der Waals surface area contributed by atoms with Crippen molar-refractivity contribution in [2.75, 3.05) is 6.61 Å². The molecule has 0 aromatic carbocycles. The van der Waals surface area contributed by atoms with Crippen molar-refractivity contribution in [2.45, 2.75) is 128 Å². The number of rotatable bonds is 11. The molecule has 0 spiro atoms. The zero-order valence-electron chi connectivity index (χ0n) is 26.4. The second-order valence-corrected chi connectivity index (χ2v) is 14.1. The summed E-state index contributed by atoms with van der Waals surface area (Å²) < 4.78 is 34.0. The molecule has 0 aliphatic carbocycles. The van der Waals surface area contributed by atoms with Gasteiger partial charge < -0.3 is 33.7 Å². The summed E-state index contributed by atoms with van der Waals surface area (Å²) in [5.74, 6) is -3.93. The van der Waals surface area contributed by atoms with E-state index in [-0.39, 0.29) is 36.3 Å². The molecular formula is C29H47Cl3N2O9. The Morgan fingerprint density at radius 3 is 2.23 bits per heavy atom. The molecule has 2 aliphatic heterocycles. The van der Waals surface area contributed by atoms with E-state index in [1.54, 1.807) is 6.92 Å². The van der Waals surface area contributed by atoms with Crippen LogP contribution in [-0.4, -0.2) is 76.7 Å². The van der Waals surface area contributed by atoms with Crippen molar-refractivity contribution in [1.29, 1.82) is 5.41 Å². The molecule has 2 aliphatic rings. The number of carbonyl (C=O) groups excluding carboxylic acids is 3. The van der Waals surface area contributed by atoms with Crippen LogP contribution in [0, 0.1) is 29.1 Å². The minimum Gasteiger partial charge on any atom is -0.463 e. The third-order valence-corrected chi connectivity index (χ3v) is 8.72. The molecule has 2 heterocycles. The average Bonchev–Trinajstić information content (AvgIpc) is 2.90. The predicted molar refractivity (Wildman–Crippen MR) is 162 cm³/mol. The molecule has 11 atom stereocenters. The lowest BCUT2D eigenvalue weighted by Crippen LogP contribution is -2.63. The summed E-state index contributed by atoms with van der Waals surface area (Å²) in [7, 11) is 0. The summed E-state index contributed by atoms with van der Waals surface area (Å²) in [5, 5.41) is 11.2. The van der Waals surface area contributed by atoms with Crippen molar-refractivity contribution in [1.82, 2.24) is 5.32 Å². The third kappa shape index (κ3) is 10.3. The van der Waals surface area contributed by atoms with Gasteiger partial charge in [0.1, 0.15) is 18.8 Å². The molecule has 2 N–H and O–H groups in total. The fraction of sp³-hybridized carbons (Fsp3) is 0.862. The minimum absolute atomic E-state index is 0.0800. The van der Waals surface area contributed by atoms with Crippen molar-refractivity contribution in [3.05, 3.63) is 0 Å². The Hall–Kier alpha value is -1.37. The molecule has 0 saturated carbocycles. The van der Waals surface area contributed by atoms with Crippen molar-refractivity contribution >= 4 is 58.5 Å². The lowest BCUT2D eigenvalue weighted by Gasteiger charge is -2.52. The fourth-order valence-corrected chi connectivity index (χ4v) is 6.06. The van der Waals surface area contributed by atoms with Gasteiger partial charge in [-0.05, 0) is 19.3 Å². The van der Waals surface area contributed by atoms with Crippen molar-refractivity contribution in [3.63, 3.8) is 0 Å². The molecule has 0 aromatic heterocycles. The van der Waals surface area contributed by atoms with Crippen LogP contribution in [0.4, 0.5) is 0 Å². The molecule has 0 bridgehead atoms. The number of nitrogens with one attached hydrogen (secondary N) is 2. The van der Waals surface area contributed by atoms with Crippen LogP contribution in [0.1, 0.15) is 81.6 Å². The molecule has 43 heavy (non-hydrogen) atoms. The van der Waals surface area contributed by atoms with Gasteiger partial charge in [-0.1, -0.05) is 76.3 Å². The number of hydrogen-bond acceptors (Lipinski definition) is 10. The monoisotopic (exact) mass is 672 g/mol. The van der Waals surface area contributed by atoms with Crippen LogP contribution < -0.4 is 5.32 Å². The second-order valence-electron chi connectivity index (χ2n) is 11.9. The lowest BCUT2D eigenvalue weighted by molar-refractivity contribution is -0.347. The predicted octanol–water partition coefficient (Wildman–Crippen LogP) is 5.31. The maximum atomic E-state index is 12.5. The normalized spacial score (nSPS) is 34.4. The van der Waals surface area contributed by atoms with Gasteiger partial charge in [0.25, 0.3) is 3.79 Å². The summed E-state index contributed by atoms with van der Waals surface area (Å²) in [6.07, 6.45) is -2.01. The standard InChI is InChI=1S/C29H47Cl3N2O9/c1-10-20(39-19(8)36)15(4)25-23(34-22(37)11-2)14(3)12-28(9,43-25)42-24-16(5)21(13-38-18(7)35)40-26(17(24)6)41-27(33)29(30,31)32/h14-17,20-21,23-26,33H,10-13H2,1-9H3,(H,34,37)/t14?,15?,16-,17?,20+,21?,23+,24-,25?,26-,28-/m0/s1. The Balaban J connectivity index is 2.43. The number of ether oxygens (including phenoxy) is 6. The Labute approximate surface area is 269 Å². The third-order valence-electron chi connectivity index (χ3n) is 8.21. The van der Waals surface area contributed by atoms with E-state index in [2.05, 4.69) is 5.32 Å². The SMILES string of the molecule is CCC(=O)N[C@@H]1C(C)C[C@@](C)(O[C@@H]2C(C)[C@H](OC(=N)C(Cl)(Cl)Cl)OC(COC(C)=O)[C@@H]2C)OC1C(C)[C@@H](CC)OC(C)=O. The van der Waals surface area contributed by atoms with E-state index in [0.29, 0.717) is 19.3 Å². The summed E-state index contributed by atoms with van der Waals surface area (Å²) in [4.78, 5) is 36.0. The van der Waals surface area contributed by atoms with Crippen molar-refractivity contribution in [2.24, 2.45) is 23.7 Å². The fourth-order valence-electron chi connectivity index (χ4n) is 5.93. The first-order valence-electron chi connectivity index (χ1n) is 14.8. The van der Waals surface area contributed by atoms with E-state index in [1.807, 2.05) is 41.5 Å². The van der Waals surface area contributed by atoms with Crippen LogP contribution in [0.15, 0.2) is 0 Å². The number of alkyl halides is 3. The topological polar surface area (TPSA) is 142 Å². The Morgan fingerprint density at radius 1 is 1.09 bits per heavy atom. The largest absolute Gasteiger partial charge is 0.463 e. The number of halogens is 3. The number of hydrogen-bond donors (Lipinski definition) is 2. The molecule has 2 fully saturated rings. The molecule has 248 valence electrons. The Bertz CT molecular complexity index is 997.